The summed E-state index contributed by atoms with van der Waals surface area (Å²) in [5.74, 6) is -0.252. The number of rotatable bonds is 4. The van der Waals surface area contributed by atoms with Gasteiger partial charge in [0.25, 0.3) is 5.91 Å². The first-order valence-electron chi connectivity index (χ1n) is 10.4. The summed E-state index contributed by atoms with van der Waals surface area (Å²) in [6.45, 7) is 0.601. The van der Waals surface area contributed by atoms with Crippen LogP contribution in [0.15, 0.2) is 53.9 Å². The summed E-state index contributed by atoms with van der Waals surface area (Å²) < 4.78 is 0. The molecule has 0 spiro atoms. The molecule has 5 rings (SSSR count). The molecule has 0 bridgehead atoms. The maximum atomic E-state index is 12.9. The largest absolute Gasteiger partial charge is 0.327 e. The van der Waals surface area contributed by atoms with Gasteiger partial charge >= 0.3 is 0 Å². The molecular weight excluding hydrogens is 394 g/mol. The zero-order valence-corrected chi connectivity index (χ0v) is 17.5. The standard InChI is InChI=1S/C24H23N3O2S/c28-22(21-10-5-13-27(21)23(29)17-6-2-1-3-7-17)26-24-25-20(15-30-24)19-12-11-16-8-4-9-18(16)14-19/h1-3,6-7,11-12,14-15,21H,4-5,8-10,13H2,(H,25,26,28)/t21-/m1/s1. The smallest absolute Gasteiger partial charge is 0.254 e. The Kier molecular flexibility index (Phi) is 5.09. The molecule has 0 saturated carbocycles. The van der Waals surface area contributed by atoms with Crippen LogP contribution in [0.1, 0.15) is 40.7 Å². The summed E-state index contributed by atoms with van der Waals surface area (Å²) in [6, 6.07) is 15.2. The van der Waals surface area contributed by atoms with Crippen LogP contribution < -0.4 is 5.32 Å². The van der Waals surface area contributed by atoms with E-state index in [1.165, 1.54) is 28.9 Å². The monoisotopic (exact) mass is 417 g/mol. The van der Waals surface area contributed by atoms with Crippen LogP contribution in [0.2, 0.25) is 0 Å². The SMILES string of the molecule is O=C(Nc1nc(-c2ccc3c(c2)CCC3)cs1)[C@H]1CCCN1C(=O)c1ccccc1. The van der Waals surface area contributed by atoms with E-state index in [0.29, 0.717) is 23.7 Å². The predicted molar refractivity (Wildman–Crippen MR) is 119 cm³/mol. The van der Waals surface area contributed by atoms with Crippen molar-refractivity contribution in [2.75, 3.05) is 11.9 Å². The molecule has 1 aromatic heterocycles. The maximum absolute atomic E-state index is 12.9. The molecule has 1 N–H and O–H groups in total. The van der Waals surface area contributed by atoms with Crippen LogP contribution in [0, 0.1) is 0 Å². The van der Waals surface area contributed by atoms with E-state index in [0.717, 1.165) is 30.5 Å². The van der Waals surface area contributed by atoms with Crippen molar-refractivity contribution in [3.05, 3.63) is 70.6 Å². The normalized spacial score (nSPS) is 17.7. The molecule has 30 heavy (non-hydrogen) atoms. The Morgan fingerprint density at radius 2 is 1.87 bits per heavy atom. The Morgan fingerprint density at radius 1 is 1.03 bits per heavy atom. The lowest BCUT2D eigenvalue weighted by molar-refractivity contribution is -0.119. The second kappa shape index (κ2) is 8.03. The number of aromatic nitrogens is 1. The number of fused-ring (bicyclic) bond motifs is 1. The number of nitrogens with one attached hydrogen (secondary N) is 1. The van der Waals surface area contributed by atoms with Crippen LogP contribution in [0.25, 0.3) is 11.3 Å². The van der Waals surface area contributed by atoms with Crippen LogP contribution in [-0.4, -0.2) is 34.3 Å². The minimum absolute atomic E-state index is 0.0915. The fraction of sp³-hybridized carbons (Fsp3) is 0.292. The summed E-state index contributed by atoms with van der Waals surface area (Å²) in [6.07, 6.45) is 5.01. The lowest BCUT2D eigenvalue weighted by Crippen LogP contribution is -2.43. The van der Waals surface area contributed by atoms with Crippen molar-refractivity contribution in [2.24, 2.45) is 0 Å². The van der Waals surface area contributed by atoms with Crippen LogP contribution in [0.5, 0.6) is 0 Å². The Labute approximate surface area is 179 Å². The van der Waals surface area contributed by atoms with Gasteiger partial charge in [0.05, 0.1) is 5.69 Å². The second-order valence-corrected chi connectivity index (χ2v) is 8.74. The number of benzene rings is 2. The summed E-state index contributed by atoms with van der Waals surface area (Å²) in [5, 5.41) is 5.50. The Balaban J connectivity index is 1.29. The van der Waals surface area contributed by atoms with E-state index in [1.54, 1.807) is 17.0 Å². The van der Waals surface area contributed by atoms with Crippen molar-refractivity contribution in [2.45, 2.75) is 38.1 Å². The van der Waals surface area contributed by atoms with E-state index in [1.807, 2.05) is 23.6 Å². The molecule has 0 unspecified atom stereocenters. The lowest BCUT2D eigenvalue weighted by atomic mass is 10.1. The number of amides is 2. The van der Waals surface area contributed by atoms with Crippen molar-refractivity contribution in [3.63, 3.8) is 0 Å². The van der Waals surface area contributed by atoms with Gasteiger partial charge in [-0.15, -0.1) is 11.3 Å². The number of nitrogens with zero attached hydrogens (tertiary/aromatic N) is 2. The molecule has 5 nitrogen and oxygen atoms in total. The molecule has 2 heterocycles. The first kappa shape index (κ1) is 19.0. The minimum atomic E-state index is -0.454. The van der Waals surface area contributed by atoms with E-state index in [9.17, 15) is 9.59 Å². The third kappa shape index (κ3) is 3.63. The molecular formula is C24H23N3O2S. The van der Waals surface area contributed by atoms with Crippen molar-refractivity contribution >= 4 is 28.3 Å². The quantitative estimate of drug-likeness (QED) is 0.678. The first-order chi connectivity index (χ1) is 14.7. The van der Waals surface area contributed by atoms with Gasteiger partial charge in [-0.1, -0.05) is 30.3 Å². The number of carbonyl (C=O) groups is 2. The molecule has 2 aliphatic rings. The number of hydrogen-bond donors (Lipinski definition) is 1. The zero-order valence-electron chi connectivity index (χ0n) is 16.6. The Hall–Kier alpha value is -2.99. The summed E-state index contributed by atoms with van der Waals surface area (Å²) in [7, 11) is 0. The van der Waals surface area contributed by atoms with Crippen molar-refractivity contribution in [3.8, 4) is 11.3 Å². The van der Waals surface area contributed by atoms with E-state index >= 15 is 0 Å². The van der Waals surface area contributed by atoms with Crippen molar-refractivity contribution < 1.29 is 9.59 Å². The lowest BCUT2D eigenvalue weighted by Gasteiger charge is -2.23. The molecule has 1 fully saturated rings. The fourth-order valence-electron chi connectivity index (χ4n) is 4.41. The number of thiazole rings is 1. The van der Waals surface area contributed by atoms with E-state index in [2.05, 4.69) is 28.5 Å². The van der Waals surface area contributed by atoms with Crippen LogP contribution in [0.4, 0.5) is 5.13 Å². The molecule has 1 aliphatic heterocycles. The van der Waals surface area contributed by atoms with Crippen LogP contribution in [0.3, 0.4) is 0 Å². The molecule has 1 atom stereocenters. The molecule has 0 radical (unpaired) electrons. The number of hydrogen-bond acceptors (Lipinski definition) is 4. The van der Waals surface area contributed by atoms with Gasteiger partial charge in [0.1, 0.15) is 6.04 Å². The topological polar surface area (TPSA) is 62.3 Å². The highest BCUT2D eigenvalue weighted by atomic mass is 32.1. The minimum Gasteiger partial charge on any atom is -0.327 e. The predicted octanol–water partition coefficient (Wildman–Crippen LogP) is 4.54. The van der Waals surface area contributed by atoms with E-state index in [4.69, 9.17) is 0 Å². The number of likely N-dealkylation sites (tertiary alicyclic amines) is 1. The van der Waals surface area contributed by atoms with Crippen molar-refractivity contribution in [1.82, 2.24) is 9.88 Å². The maximum Gasteiger partial charge on any atom is 0.254 e. The molecule has 1 saturated heterocycles. The highest BCUT2D eigenvalue weighted by molar-refractivity contribution is 7.14. The van der Waals surface area contributed by atoms with Gasteiger partial charge in [0.15, 0.2) is 5.13 Å². The van der Waals surface area contributed by atoms with Gasteiger partial charge in [0, 0.05) is 23.1 Å². The average molecular weight is 418 g/mol. The van der Waals surface area contributed by atoms with Gasteiger partial charge < -0.3 is 10.2 Å². The highest BCUT2D eigenvalue weighted by Gasteiger charge is 2.34. The molecule has 2 aromatic carbocycles. The van der Waals surface area contributed by atoms with Gasteiger partial charge in [0.2, 0.25) is 5.91 Å². The van der Waals surface area contributed by atoms with Gasteiger partial charge in [-0.05, 0) is 61.4 Å². The fourth-order valence-corrected chi connectivity index (χ4v) is 5.14. The zero-order chi connectivity index (χ0) is 20.5. The average Bonchev–Trinajstić information content (AvgIpc) is 3.53. The van der Waals surface area contributed by atoms with Gasteiger partial charge in [-0.2, -0.15) is 0 Å². The Morgan fingerprint density at radius 3 is 2.73 bits per heavy atom. The molecule has 3 aromatic rings. The van der Waals surface area contributed by atoms with Crippen LogP contribution >= 0.6 is 11.3 Å². The summed E-state index contributed by atoms with van der Waals surface area (Å²) >= 11 is 1.42. The van der Waals surface area contributed by atoms with Crippen molar-refractivity contribution in [1.29, 1.82) is 0 Å². The van der Waals surface area contributed by atoms with E-state index < -0.39 is 6.04 Å². The molecule has 2 amide bonds. The van der Waals surface area contributed by atoms with Crippen LogP contribution in [-0.2, 0) is 17.6 Å². The number of carbonyl (C=O) groups excluding carboxylic acids is 2. The van der Waals surface area contributed by atoms with Gasteiger partial charge in [-0.25, -0.2) is 4.98 Å². The first-order valence-corrected chi connectivity index (χ1v) is 11.3. The second-order valence-electron chi connectivity index (χ2n) is 7.89. The highest BCUT2D eigenvalue weighted by Crippen LogP contribution is 2.30. The number of anilines is 1. The third-order valence-corrected chi connectivity index (χ3v) is 6.72. The third-order valence-electron chi connectivity index (χ3n) is 5.97. The molecule has 6 heteroatoms. The summed E-state index contributed by atoms with van der Waals surface area (Å²) in [4.78, 5) is 32.1. The number of aryl methyl sites for hydroxylation is 2. The van der Waals surface area contributed by atoms with E-state index in [-0.39, 0.29) is 11.8 Å². The summed E-state index contributed by atoms with van der Waals surface area (Å²) in [5.41, 5.74) is 5.44. The van der Waals surface area contributed by atoms with Gasteiger partial charge in [-0.3, -0.25) is 9.59 Å². The molecule has 1 aliphatic carbocycles. The Bertz CT molecular complexity index is 1090. The molecule has 152 valence electrons.